The molecule has 0 aromatic rings. The number of aliphatic imine (C=N–C) groups is 1. The molecule has 0 aromatic heterocycles. The molecule has 4 aliphatic rings. The van der Waals surface area contributed by atoms with Crippen molar-refractivity contribution in [3.63, 3.8) is 0 Å². The molecule has 9 atom stereocenters. The quantitative estimate of drug-likeness (QED) is 0.150. The summed E-state index contributed by atoms with van der Waals surface area (Å²) in [4.78, 5) is 39.8. The monoisotopic (exact) mass is 502 g/mol. The predicted octanol–water partition coefficient (Wildman–Crippen LogP) is 6.01. The number of amides is 1. The van der Waals surface area contributed by atoms with Crippen molar-refractivity contribution in [2.75, 3.05) is 6.61 Å². The number of fused-ring (bicyclic) bond motifs is 5. The maximum atomic E-state index is 12.2. The minimum absolute atomic E-state index is 0.0323. The average Bonchev–Trinajstić information content (AvgIpc) is 3.11. The molecule has 0 spiro atoms. The molecule has 1 amide bonds. The van der Waals surface area contributed by atoms with E-state index in [0.29, 0.717) is 23.5 Å². The lowest BCUT2D eigenvalue weighted by Crippen LogP contribution is -2.51. The zero-order valence-corrected chi connectivity index (χ0v) is 22.6. The number of esters is 1. The molecule has 4 aliphatic carbocycles. The van der Waals surface area contributed by atoms with Crippen LogP contribution >= 0.6 is 0 Å². The number of hydrogen-bond acceptors (Lipinski definition) is 6. The van der Waals surface area contributed by atoms with Crippen molar-refractivity contribution in [2.24, 2.45) is 45.4 Å². The van der Waals surface area contributed by atoms with Crippen LogP contribution in [0.1, 0.15) is 86.5 Å². The Balaban J connectivity index is 1.66. The number of nitro groups is 1. The first-order chi connectivity index (χ1) is 16.9. The van der Waals surface area contributed by atoms with Gasteiger partial charge >= 0.3 is 12.1 Å². The fourth-order valence-electron chi connectivity index (χ4n) is 8.85. The van der Waals surface area contributed by atoms with Gasteiger partial charge in [0, 0.05) is 42.7 Å². The molecular formula is C28H42N2O6. The van der Waals surface area contributed by atoms with Gasteiger partial charge in [-0.15, -0.1) is 0 Å². The second-order valence-corrected chi connectivity index (χ2v) is 12.1. The van der Waals surface area contributed by atoms with Gasteiger partial charge in [-0.05, 0) is 81.0 Å². The highest BCUT2D eigenvalue weighted by molar-refractivity contribution is 5.94. The van der Waals surface area contributed by atoms with Crippen LogP contribution in [-0.2, 0) is 14.3 Å². The van der Waals surface area contributed by atoms with Gasteiger partial charge in [-0.3, -0.25) is 14.9 Å². The van der Waals surface area contributed by atoms with E-state index in [4.69, 9.17) is 9.47 Å². The fourth-order valence-corrected chi connectivity index (χ4v) is 8.85. The minimum Gasteiger partial charge on any atom is -0.462 e. The molecule has 0 unspecified atom stereocenters. The van der Waals surface area contributed by atoms with E-state index in [1.165, 1.54) is 12.5 Å². The highest BCUT2D eigenvalue weighted by Gasteiger charge is 2.63. The number of nitrogens with zero attached hydrogens (tertiary/aromatic N) is 2. The predicted molar refractivity (Wildman–Crippen MR) is 136 cm³/mol. The SMILES string of the molecule is CCOC(=O)N=C(C)[C@H]1[C@H]([C@H](C)[N+](=O)[O-])C[C@@H]2[C@H]3CC=C4C[C@@H](OC(C)=O)CC[C@]4(C)[C@H]3CC[C@@]21C. The molecule has 200 valence electrons. The molecule has 3 saturated carbocycles. The Hall–Kier alpha value is -2.25. The molecular weight excluding hydrogens is 460 g/mol. The highest BCUT2D eigenvalue weighted by atomic mass is 16.6. The summed E-state index contributed by atoms with van der Waals surface area (Å²) in [6, 6.07) is -0.701. The first-order valence-electron chi connectivity index (χ1n) is 13.6. The van der Waals surface area contributed by atoms with Gasteiger partial charge in [0.1, 0.15) is 6.10 Å². The van der Waals surface area contributed by atoms with Crippen LogP contribution in [0.4, 0.5) is 4.79 Å². The van der Waals surface area contributed by atoms with Gasteiger partial charge in [-0.2, -0.15) is 4.99 Å². The molecule has 8 heteroatoms. The maximum Gasteiger partial charge on any atom is 0.433 e. The van der Waals surface area contributed by atoms with E-state index >= 15 is 0 Å². The van der Waals surface area contributed by atoms with E-state index in [9.17, 15) is 19.7 Å². The summed E-state index contributed by atoms with van der Waals surface area (Å²) in [5, 5.41) is 11.9. The number of rotatable bonds is 5. The lowest BCUT2D eigenvalue weighted by Gasteiger charge is -2.58. The van der Waals surface area contributed by atoms with Crippen LogP contribution < -0.4 is 0 Å². The van der Waals surface area contributed by atoms with Gasteiger partial charge < -0.3 is 9.47 Å². The first-order valence-corrected chi connectivity index (χ1v) is 13.6. The largest absolute Gasteiger partial charge is 0.462 e. The zero-order valence-electron chi connectivity index (χ0n) is 22.6. The average molecular weight is 503 g/mol. The molecule has 0 bridgehead atoms. The molecule has 0 aromatic carbocycles. The van der Waals surface area contributed by atoms with Crippen LogP contribution in [0.5, 0.6) is 0 Å². The van der Waals surface area contributed by atoms with Crippen LogP contribution in [0.3, 0.4) is 0 Å². The van der Waals surface area contributed by atoms with Crippen LogP contribution in [0.2, 0.25) is 0 Å². The van der Waals surface area contributed by atoms with E-state index in [2.05, 4.69) is 24.9 Å². The van der Waals surface area contributed by atoms with Crippen molar-refractivity contribution in [1.29, 1.82) is 0 Å². The number of carbonyl (C=O) groups excluding carboxylic acids is 2. The Morgan fingerprint density at radius 2 is 1.94 bits per heavy atom. The van der Waals surface area contributed by atoms with E-state index in [0.717, 1.165) is 44.9 Å². The van der Waals surface area contributed by atoms with Crippen LogP contribution in [0.15, 0.2) is 16.6 Å². The molecule has 4 rings (SSSR count). The molecule has 0 saturated heterocycles. The maximum absolute atomic E-state index is 12.2. The number of ether oxygens (including phenoxy) is 2. The zero-order chi connectivity index (χ0) is 26.4. The summed E-state index contributed by atoms with van der Waals surface area (Å²) in [5.41, 5.74) is 2.04. The molecule has 0 N–H and O–H groups in total. The smallest absolute Gasteiger partial charge is 0.433 e. The number of allylic oxidation sites excluding steroid dienone is 1. The lowest BCUT2D eigenvalue weighted by molar-refractivity contribution is -0.528. The summed E-state index contributed by atoms with van der Waals surface area (Å²) < 4.78 is 10.6. The minimum atomic E-state index is -0.701. The van der Waals surface area contributed by atoms with E-state index < -0.39 is 12.1 Å². The van der Waals surface area contributed by atoms with E-state index in [1.54, 1.807) is 13.8 Å². The van der Waals surface area contributed by atoms with E-state index in [-0.39, 0.29) is 46.3 Å². The second-order valence-electron chi connectivity index (χ2n) is 12.1. The van der Waals surface area contributed by atoms with Crippen LogP contribution in [0, 0.1) is 50.5 Å². The molecule has 8 nitrogen and oxygen atoms in total. The van der Waals surface area contributed by atoms with Gasteiger partial charge in [-0.1, -0.05) is 25.5 Å². The lowest BCUT2D eigenvalue weighted by atomic mass is 9.47. The third-order valence-corrected chi connectivity index (χ3v) is 10.4. The Morgan fingerprint density at radius 3 is 2.58 bits per heavy atom. The molecule has 0 radical (unpaired) electrons. The number of carbonyl (C=O) groups is 2. The first kappa shape index (κ1) is 26.8. The second kappa shape index (κ2) is 9.90. The van der Waals surface area contributed by atoms with Crippen molar-refractivity contribution < 1.29 is 24.0 Å². The van der Waals surface area contributed by atoms with Crippen molar-refractivity contribution in [3.8, 4) is 0 Å². The summed E-state index contributed by atoms with van der Waals surface area (Å²) in [6.07, 6.45) is 8.23. The van der Waals surface area contributed by atoms with Gasteiger partial charge in [0.25, 0.3) is 0 Å². The Kier molecular flexibility index (Phi) is 7.37. The third kappa shape index (κ3) is 4.49. The molecule has 36 heavy (non-hydrogen) atoms. The summed E-state index contributed by atoms with van der Waals surface area (Å²) in [6.45, 7) is 11.7. The molecule has 3 fully saturated rings. The van der Waals surface area contributed by atoms with Crippen molar-refractivity contribution >= 4 is 17.8 Å². The Bertz CT molecular complexity index is 975. The van der Waals surface area contributed by atoms with Crippen molar-refractivity contribution in [1.82, 2.24) is 0 Å². The highest BCUT2D eigenvalue weighted by Crippen LogP contribution is 2.68. The fraction of sp³-hybridized carbons (Fsp3) is 0.821. The van der Waals surface area contributed by atoms with Crippen LogP contribution in [-0.4, -0.2) is 41.5 Å². The topological polar surface area (TPSA) is 108 Å². The Morgan fingerprint density at radius 1 is 1.22 bits per heavy atom. The number of hydrogen-bond donors (Lipinski definition) is 0. The van der Waals surface area contributed by atoms with Gasteiger partial charge in [-0.25, -0.2) is 4.79 Å². The van der Waals surface area contributed by atoms with E-state index in [1.807, 2.05) is 6.92 Å². The molecule has 0 aliphatic heterocycles. The summed E-state index contributed by atoms with van der Waals surface area (Å²) >= 11 is 0. The van der Waals surface area contributed by atoms with Crippen LogP contribution in [0.25, 0.3) is 0 Å². The van der Waals surface area contributed by atoms with Gasteiger partial charge in [0.15, 0.2) is 0 Å². The van der Waals surface area contributed by atoms with Crippen molar-refractivity contribution in [3.05, 3.63) is 21.8 Å². The van der Waals surface area contributed by atoms with Crippen molar-refractivity contribution in [2.45, 2.75) is 98.6 Å². The van der Waals surface area contributed by atoms with Gasteiger partial charge in [0.2, 0.25) is 6.04 Å². The van der Waals surface area contributed by atoms with Gasteiger partial charge in [0.05, 0.1) is 6.61 Å². The summed E-state index contributed by atoms with van der Waals surface area (Å²) in [7, 11) is 0. The third-order valence-electron chi connectivity index (χ3n) is 10.4. The summed E-state index contributed by atoms with van der Waals surface area (Å²) in [5.74, 6) is 0.804. The standard InChI is InChI=1S/C28H42N2O6/c1-7-35-26(32)29-16(2)25-22(17(3)30(33)34)15-24-21-9-8-19-14-20(36-18(4)31)10-12-27(19,5)23(21)11-13-28(24,25)6/h8,17,20-25H,7,9-15H2,1-6H3/t17-,20-,21-,22-,23-,24+,25-,27-,28-/m0/s1. The molecule has 0 heterocycles. The normalized spacial score (nSPS) is 40.7. The Labute approximate surface area is 214 Å².